The summed E-state index contributed by atoms with van der Waals surface area (Å²) in [5.74, 6) is 2.06. The smallest absolute Gasteiger partial charge is 0.162 e. The highest BCUT2D eigenvalue weighted by molar-refractivity contribution is 7.91. The molecule has 4 aromatic heterocycles. The van der Waals surface area contributed by atoms with Gasteiger partial charge in [-0.1, -0.05) is 12.1 Å². The van der Waals surface area contributed by atoms with E-state index in [1.807, 2.05) is 18.5 Å². The highest BCUT2D eigenvalue weighted by Crippen LogP contribution is 2.39. The van der Waals surface area contributed by atoms with Crippen LogP contribution in [0.3, 0.4) is 0 Å². The quantitative estimate of drug-likeness (QED) is 0.374. The largest absolute Gasteiger partial charge is 0.378 e. The Morgan fingerprint density at radius 3 is 2.70 bits per heavy atom. The van der Waals surface area contributed by atoms with Gasteiger partial charge < -0.3 is 14.6 Å². The van der Waals surface area contributed by atoms with E-state index in [0.717, 1.165) is 61.4 Å². The Morgan fingerprint density at radius 2 is 1.86 bits per heavy atom. The molecule has 0 bridgehead atoms. The Labute approximate surface area is 218 Å². The molecule has 190 valence electrons. The molecule has 0 unspecified atom stereocenters. The zero-order valence-electron chi connectivity index (χ0n) is 20.2. The van der Waals surface area contributed by atoms with Crippen molar-refractivity contribution in [3.63, 3.8) is 0 Å². The minimum atomic E-state index is -2.91. The maximum Gasteiger partial charge on any atom is 0.162 e. The summed E-state index contributed by atoms with van der Waals surface area (Å²) in [6, 6.07) is 10.4. The van der Waals surface area contributed by atoms with Crippen LogP contribution in [0.15, 0.2) is 42.7 Å². The molecule has 6 heterocycles. The lowest BCUT2D eigenvalue weighted by molar-refractivity contribution is 0.122. The summed E-state index contributed by atoms with van der Waals surface area (Å²) in [6.07, 6.45) is 3.85. The molecule has 0 spiro atoms. The number of nitrogens with zero attached hydrogens (tertiary/aromatic N) is 5. The molecule has 1 aromatic carbocycles. The molecule has 2 saturated heterocycles. The van der Waals surface area contributed by atoms with Gasteiger partial charge in [0.05, 0.1) is 34.9 Å². The molecule has 37 heavy (non-hydrogen) atoms. The van der Waals surface area contributed by atoms with Crippen molar-refractivity contribution < 1.29 is 13.2 Å². The van der Waals surface area contributed by atoms with E-state index in [0.29, 0.717) is 38.7 Å². The first-order valence-corrected chi connectivity index (χ1v) is 15.1. The maximum absolute atomic E-state index is 11.8. The van der Waals surface area contributed by atoms with Gasteiger partial charge in [0.15, 0.2) is 21.5 Å². The Bertz CT molecular complexity index is 1730. The Hall–Kier alpha value is -3.12. The fourth-order valence-corrected chi connectivity index (χ4v) is 7.56. The number of rotatable bonds is 4. The number of fused-ring (bicyclic) bond motifs is 4. The molecule has 2 fully saturated rings. The van der Waals surface area contributed by atoms with Crippen LogP contribution in [0.4, 0.5) is 5.82 Å². The SMILES string of the molecule is O=S1(=O)CCN(Cc2cnc3sc4c(N5CCOCC5)nc(-c5cccc6[nH]ccc56)nc4c3c2)CC1. The zero-order valence-corrected chi connectivity index (χ0v) is 21.8. The van der Waals surface area contributed by atoms with Crippen molar-refractivity contribution in [1.82, 2.24) is 24.8 Å². The number of sulfone groups is 1. The van der Waals surface area contributed by atoms with Crippen LogP contribution in [0, 0.1) is 0 Å². The summed E-state index contributed by atoms with van der Waals surface area (Å²) >= 11 is 1.63. The summed E-state index contributed by atoms with van der Waals surface area (Å²) in [5, 5.41) is 2.11. The first-order valence-electron chi connectivity index (χ1n) is 12.5. The molecule has 0 saturated carbocycles. The van der Waals surface area contributed by atoms with Crippen molar-refractivity contribution in [1.29, 1.82) is 0 Å². The number of hydrogen-bond donors (Lipinski definition) is 1. The number of ether oxygens (including phenoxy) is 1. The van der Waals surface area contributed by atoms with Crippen LogP contribution in [0.25, 0.3) is 42.7 Å². The Balaban J connectivity index is 1.36. The minimum absolute atomic E-state index is 0.217. The van der Waals surface area contributed by atoms with E-state index in [9.17, 15) is 8.42 Å². The van der Waals surface area contributed by atoms with Crippen molar-refractivity contribution in [2.45, 2.75) is 6.54 Å². The summed E-state index contributed by atoms with van der Waals surface area (Å²) < 4.78 is 30.3. The van der Waals surface area contributed by atoms with Crippen LogP contribution < -0.4 is 4.90 Å². The van der Waals surface area contributed by atoms with Crippen molar-refractivity contribution in [2.75, 3.05) is 55.8 Å². The first-order chi connectivity index (χ1) is 18.0. The molecule has 0 amide bonds. The van der Waals surface area contributed by atoms with Gasteiger partial charge >= 0.3 is 0 Å². The Kier molecular flexibility index (Phi) is 5.61. The molecule has 5 aromatic rings. The third-order valence-corrected chi connectivity index (χ3v) is 9.91. The number of H-pyrrole nitrogens is 1. The minimum Gasteiger partial charge on any atom is -0.378 e. The van der Waals surface area contributed by atoms with E-state index in [4.69, 9.17) is 19.7 Å². The van der Waals surface area contributed by atoms with E-state index in [1.54, 1.807) is 11.3 Å². The zero-order chi connectivity index (χ0) is 25.0. The molecular weight excluding hydrogens is 508 g/mol. The van der Waals surface area contributed by atoms with Gasteiger partial charge in [-0.05, 0) is 23.8 Å². The third kappa shape index (κ3) is 4.25. The topological polar surface area (TPSA) is 104 Å². The van der Waals surface area contributed by atoms with Crippen molar-refractivity contribution in [3.05, 3.63) is 48.3 Å². The van der Waals surface area contributed by atoms with Crippen LogP contribution in [-0.4, -0.2) is 84.2 Å². The molecule has 2 aliphatic heterocycles. The van der Waals surface area contributed by atoms with E-state index in [2.05, 4.69) is 39.0 Å². The molecule has 0 atom stereocenters. The monoisotopic (exact) mass is 534 g/mol. The van der Waals surface area contributed by atoms with Gasteiger partial charge in [-0.15, -0.1) is 11.3 Å². The number of aromatic amines is 1. The molecule has 0 aliphatic carbocycles. The van der Waals surface area contributed by atoms with Gasteiger partial charge in [0.1, 0.15) is 4.83 Å². The van der Waals surface area contributed by atoms with E-state index in [1.165, 1.54) is 0 Å². The maximum atomic E-state index is 11.8. The molecule has 11 heteroatoms. The van der Waals surface area contributed by atoms with Gasteiger partial charge in [-0.25, -0.2) is 23.4 Å². The fourth-order valence-electron chi connectivity index (χ4n) is 5.20. The normalized spacial score (nSPS) is 18.8. The average Bonchev–Trinajstić information content (AvgIpc) is 3.54. The second-order valence-corrected chi connectivity index (χ2v) is 12.9. The van der Waals surface area contributed by atoms with Crippen LogP contribution in [0.5, 0.6) is 0 Å². The first kappa shape index (κ1) is 23.0. The molecule has 1 N–H and O–H groups in total. The molecule has 0 radical (unpaired) electrons. The number of hydrogen-bond acceptors (Lipinski definition) is 9. The van der Waals surface area contributed by atoms with Crippen LogP contribution >= 0.6 is 11.3 Å². The molecule has 2 aliphatic rings. The van der Waals surface area contributed by atoms with Gasteiger partial charge in [0, 0.05) is 67.0 Å². The predicted octanol–water partition coefficient (Wildman–Crippen LogP) is 3.45. The third-order valence-electron chi connectivity index (χ3n) is 7.20. The Morgan fingerprint density at radius 1 is 1.03 bits per heavy atom. The second-order valence-electron chi connectivity index (χ2n) is 9.62. The van der Waals surface area contributed by atoms with Crippen molar-refractivity contribution >= 4 is 58.3 Å². The second kappa shape index (κ2) is 9.02. The van der Waals surface area contributed by atoms with Crippen LogP contribution in [0.1, 0.15) is 5.56 Å². The van der Waals surface area contributed by atoms with E-state index in [-0.39, 0.29) is 11.5 Å². The fraction of sp³-hybridized carbons (Fsp3) is 0.346. The van der Waals surface area contributed by atoms with Gasteiger partial charge in [-0.3, -0.25) is 4.90 Å². The number of benzene rings is 1. The van der Waals surface area contributed by atoms with Crippen LogP contribution in [-0.2, 0) is 21.1 Å². The number of thiophene rings is 1. The lowest BCUT2D eigenvalue weighted by Crippen LogP contribution is -2.39. The number of aromatic nitrogens is 4. The number of pyridine rings is 1. The van der Waals surface area contributed by atoms with Crippen molar-refractivity contribution in [3.8, 4) is 11.4 Å². The summed E-state index contributed by atoms with van der Waals surface area (Å²) in [4.78, 5) is 23.7. The predicted molar refractivity (Wildman–Crippen MR) is 147 cm³/mol. The number of anilines is 1. The van der Waals surface area contributed by atoms with Gasteiger partial charge in [0.25, 0.3) is 0 Å². The molecular formula is C26H26N6O3S2. The summed E-state index contributed by atoms with van der Waals surface area (Å²) in [7, 11) is -2.91. The molecule has 7 rings (SSSR count). The number of morpholine rings is 1. The highest BCUT2D eigenvalue weighted by Gasteiger charge is 2.24. The standard InChI is InChI=1S/C26H26N6O3S2/c33-37(34)12-8-31(9-13-37)16-17-14-20-22-23(36-26(20)28-15-17)25(32-6-10-35-11-7-32)30-24(29-22)19-2-1-3-21-18(19)4-5-27-21/h1-5,14-15,27H,6-13,16H2. The average molecular weight is 535 g/mol. The lowest BCUT2D eigenvalue weighted by Gasteiger charge is -2.28. The van der Waals surface area contributed by atoms with E-state index < -0.39 is 9.84 Å². The highest BCUT2D eigenvalue weighted by atomic mass is 32.2. The van der Waals surface area contributed by atoms with Crippen molar-refractivity contribution in [2.24, 2.45) is 0 Å². The van der Waals surface area contributed by atoms with Gasteiger partial charge in [-0.2, -0.15) is 0 Å². The van der Waals surface area contributed by atoms with Crippen LogP contribution in [0.2, 0.25) is 0 Å². The number of nitrogens with one attached hydrogen (secondary N) is 1. The summed E-state index contributed by atoms with van der Waals surface area (Å²) in [6.45, 7) is 4.69. The van der Waals surface area contributed by atoms with E-state index >= 15 is 0 Å². The molecule has 9 nitrogen and oxygen atoms in total. The van der Waals surface area contributed by atoms with Gasteiger partial charge in [0.2, 0.25) is 0 Å². The summed E-state index contributed by atoms with van der Waals surface area (Å²) in [5.41, 5.74) is 4.02. The lowest BCUT2D eigenvalue weighted by atomic mass is 10.1.